The van der Waals surface area contributed by atoms with Crippen LogP contribution < -0.4 is 16.2 Å². The van der Waals surface area contributed by atoms with Crippen LogP contribution in [-0.4, -0.2) is 17.1 Å². The van der Waals surface area contributed by atoms with E-state index in [1.54, 1.807) is 0 Å². The predicted molar refractivity (Wildman–Crippen MR) is 89.6 cm³/mol. The fourth-order valence-electron chi connectivity index (χ4n) is 3.58. The van der Waals surface area contributed by atoms with E-state index in [9.17, 15) is 4.79 Å². The fourth-order valence-corrected chi connectivity index (χ4v) is 3.78. The van der Waals surface area contributed by atoms with Crippen molar-refractivity contribution in [1.82, 2.24) is 16.2 Å². The van der Waals surface area contributed by atoms with E-state index in [1.807, 2.05) is 0 Å². The highest BCUT2D eigenvalue weighted by atomic mass is 32.1. The van der Waals surface area contributed by atoms with E-state index in [0.717, 1.165) is 38.0 Å². The highest BCUT2D eigenvalue weighted by Crippen LogP contribution is 2.29. The van der Waals surface area contributed by atoms with Gasteiger partial charge in [0.25, 0.3) is 0 Å². The molecule has 3 atom stereocenters. The molecule has 0 aromatic heterocycles. The van der Waals surface area contributed by atoms with Crippen molar-refractivity contribution in [2.24, 2.45) is 17.8 Å². The summed E-state index contributed by atoms with van der Waals surface area (Å²) in [7, 11) is 0. The maximum atomic E-state index is 12.1. The lowest BCUT2D eigenvalue weighted by molar-refractivity contribution is -0.126. The molecule has 2 aliphatic rings. The first kappa shape index (κ1) is 16.5. The summed E-state index contributed by atoms with van der Waals surface area (Å²) in [5.41, 5.74) is 5.66. The van der Waals surface area contributed by atoms with E-state index in [0.29, 0.717) is 17.1 Å². The van der Waals surface area contributed by atoms with Crippen molar-refractivity contribution in [1.29, 1.82) is 0 Å². The number of nitrogens with one attached hydrogen (secondary N) is 3. The van der Waals surface area contributed by atoms with Crippen LogP contribution in [0.1, 0.15) is 65.2 Å². The summed E-state index contributed by atoms with van der Waals surface area (Å²) in [5.74, 6) is 1.59. The highest BCUT2D eigenvalue weighted by Gasteiger charge is 2.27. The zero-order chi connectivity index (χ0) is 15.2. The van der Waals surface area contributed by atoms with Crippen molar-refractivity contribution < 1.29 is 4.79 Å². The summed E-state index contributed by atoms with van der Waals surface area (Å²) in [6.07, 6.45) is 9.31. The van der Waals surface area contributed by atoms with Crippen LogP contribution in [0.5, 0.6) is 0 Å². The Bertz CT molecular complexity index is 369. The quantitative estimate of drug-likeness (QED) is 0.542. The number of carbonyl (C=O) groups excluding carboxylic acids is 1. The topological polar surface area (TPSA) is 53.2 Å². The molecule has 120 valence electrons. The zero-order valence-corrected chi connectivity index (χ0v) is 14.1. The number of carbonyl (C=O) groups is 1. The Kier molecular flexibility index (Phi) is 6.27. The van der Waals surface area contributed by atoms with Crippen LogP contribution in [0.25, 0.3) is 0 Å². The van der Waals surface area contributed by atoms with Gasteiger partial charge in [-0.25, -0.2) is 0 Å². The van der Waals surface area contributed by atoms with Gasteiger partial charge in [0.1, 0.15) is 0 Å². The third kappa shape index (κ3) is 4.83. The van der Waals surface area contributed by atoms with Crippen LogP contribution in [0.15, 0.2) is 0 Å². The number of hydrogen-bond donors (Lipinski definition) is 3. The van der Waals surface area contributed by atoms with E-state index in [1.165, 1.54) is 19.3 Å². The molecule has 3 N–H and O–H groups in total. The molecule has 2 aliphatic carbocycles. The van der Waals surface area contributed by atoms with Gasteiger partial charge in [0.2, 0.25) is 5.91 Å². The first-order chi connectivity index (χ1) is 10.1. The fraction of sp³-hybridized carbons (Fsp3) is 0.875. The number of hydrogen-bond acceptors (Lipinski definition) is 2. The van der Waals surface area contributed by atoms with Gasteiger partial charge in [-0.3, -0.25) is 15.6 Å². The second-order valence-electron chi connectivity index (χ2n) is 6.80. The van der Waals surface area contributed by atoms with Gasteiger partial charge >= 0.3 is 0 Å². The molecule has 2 fully saturated rings. The Morgan fingerprint density at radius 3 is 2.38 bits per heavy atom. The lowest BCUT2D eigenvalue weighted by atomic mass is 9.78. The molecule has 5 heteroatoms. The van der Waals surface area contributed by atoms with Crippen molar-refractivity contribution in [3.63, 3.8) is 0 Å². The lowest BCUT2D eigenvalue weighted by Gasteiger charge is -2.35. The number of hydrazine groups is 1. The summed E-state index contributed by atoms with van der Waals surface area (Å²) in [6.45, 7) is 4.59. The van der Waals surface area contributed by atoms with Gasteiger partial charge in [0.15, 0.2) is 5.11 Å². The third-order valence-electron chi connectivity index (χ3n) is 5.30. The normalized spacial score (nSPS) is 30.5. The average molecular weight is 311 g/mol. The van der Waals surface area contributed by atoms with Crippen LogP contribution in [0, 0.1) is 17.8 Å². The molecule has 21 heavy (non-hydrogen) atoms. The molecule has 0 aromatic rings. The standard InChI is InChI=1S/C16H29N3OS/c1-11-7-6-10-14(12(11)2)17-16(21)19-18-15(20)13-8-4-3-5-9-13/h11-14H,3-10H2,1-2H3,(H,18,20)(H2,17,19,21)/t11-,12+,14-/m0/s1. The maximum absolute atomic E-state index is 12.1. The van der Waals surface area contributed by atoms with Gasteiger partial charge in [-0.1, -0.05) is 46.0 Å². The Morgan fingerprint density at radius 1 is 0.952 bits per heavy atom. The molecule has 0 heterocycles. The van der Waals surface area contributed by atoms with Crippen molar-refractivity contribution >= 4 is 23.2 Å². The Balaban J connectivity index is 1.70. The van der Waals surface area contributed by atoms with E-state index >= 15 is 0 Å². The van der Waals surface area contributed by atoms with Crippen LogP contribution in [0.2, 0.25) is 0 Å². The number of thiocarbonyl (C=S) groups is 1. The van der Waals surface area contributed by atoms with Gasteiger partial charge in [-0.05, 0) is 43.3 Å². The SMILES string of the molecule is C[C@H]1[C@@H](NC(=S)NNC(=O)C2CCCCC2)CCC[C@@H]1C. The number of rotatable bonds is 2. The molecule has 2 rings (SSSR count). The van der Waals surface area contributed by atoms with Crippen LogP contribution in [-0.2, 0) is 4.79 Å². The van der Waals surface area contributed by atoms with Gasteiger partial charge in [-0.2, -0.15) is 0 Å². The molecule has 0 bridgehead atoms. The molecule has 0 aromatic carbocycles. The summed E-state index contributed by atoms with van der Waals surface area (Å²) in [4.78, 5) is 12.1. The average Bonchev–Trinajstić information content (AvgIpc) is 2.50. The highest BCUT2D eigenvalue weighted by molar-refractivity contribution is 7.80. The summed E-state index contributed by atoms with van der Waals surface area (Å²) >= 11 is 5.31. The summed E-state index contributed by atoms with van der Waals surface area (Å²) in [6, 6.07) is 0.417. The minimum Gasteiger partial charge on any atom is -0.358 e. The monoisotopic (exact) mass is 311 g/mol. The zero-order valence-electron chi connectivity index (χ0n) is 13.3. The van der Waals surface area contributed by atoms with E-state index in [-0.39, 0.29) is 11.8 Å². The second kappa shape index (κ2) is 7.97. The molecule has 4 nitrogen and oxygen atoms in total. The molecule has 2 saturated carbocycles. The van der Waals surface area contributed by atoms with Crippen LogP contribution in [0.3, 0.4) is 0 Å². The van der Waals surface area contributed by atoms with Gasteiger partial charge in [0.05, 0.1) is 0 Å². The van der Waals surface area contributed by atoms with Crippen LogP contribution in [0.4, 0.5) is 0 Å². The second-order valence-corrected chi connectivity index (χ2v) is 7.20. The third-order valence-corrected chi connectivity index (χ3v) is 5.52. The van der Waals surface area contributed by atoms with Crippen molar-refractivity contribution in [3.8, 4) is 0 Å². The lowest BCUT2D eigenvalue weighted by Crippen LogP contribution is -2.53. The molecule has 0 unspecified atom stereocenters. The number of amides is 1. The van der Waals surface area contributed by atoms with Crippen LogP contribution >= 0.6 is 12.2 Å². The summed E-state index contributed by atoms with van der Waals surface area (Å²) < 4.78 is 0. The van der Waals surface area contributed by atoms with Crippen molar-refractivity contribution in [3.05, 3.63) is 0 Å². The van der Waals surface area contributed by atoms with Gasteiger partial charge < -0.3 is 5.32 Å². The van der Waals surface area contributed by atoms with Crippen molar-refractivity contribution in [2.75, 3.05) is 0 Å². The maximum Gasteiger partial charge on any atom is 0.241 e. The van der Waals surface area contributed by atoms with Crippen molar-refractivity contribution in [2.45, 2.75) is 71.3 Å². The minimum atomic E-state index is 0.0870. The van der Waals surface area contributed by atoms with E-state index in [4.69, 9.17) is 12.2 Å². The van der Waals surface area contributed by atoms with Gasteiger partial charge in [0, 0.05) is 12.0 Å². The Hall–Kier alpha value is -0.840. The molecule has 1 amide bonds. The minimum absolute atomic E-state index is 0.0870. The van der Waals surface area contributed by atoms with E-state index < -0.39 is 0 Å². The molecular weight excluding hydrogens is 282 g/mol. The molecule has 0 saturated heterocycles. The Morgan fingerprint density at radius 2 is 1.67 bits per heavy atom. The largest absolute Gasteiger partial charge is 0.358 e. The molecule has 0 spiro atoms. The Labute approximate surface area is 133 Å². The molecule has 0 radical (unpaired) electrons. The molecular formula is C16H29N3OS. The molecule has 0 aliphatic heterocycles. The first-order valence-electron chi connectivity index (χ1n) is 8.44. The smallest absolute Gasteiger partial charge is 0.241 e. The predicted octanol–water partition coefficient (Wildman–Crippen LogP) is 2.89. The van der Waals surface area contributed by atoms with E-state index in [2.05, 4.69) is 30.0 Å². The van der Waals surface area contributed by atoms with Gasteiger partial charge in [-0.15, -0.1) is 0 Å². The first-order valence-corrected chi connectivity index (χ1v) is 8.85. The summed E-state index contributed by atoms with van der Waals surface area (Å²) in [5, 5.41) is 3.91.